The summed E-state index contributed by atoms with van der Waals surface area (Å²) in [5.74, 6) is -0.997. The van der Waals surface area contributed by atoms with E-state index in [1.165, 1.54) is 29.2 Å². The lowest BCUT2D eigenvalue weighted by Crippen LogP contribution is -2.22. The van der Waals surface area contributed by atoms with Crippen molar-refractivity contribution in [3.8, 4) is 11.4 Å². The van der Waals surface area contributed by atoms with Crippen molar-refractivity contribution in [1.82, 2.24) is 20.2 Å². The van der Waals surface area contributed by atoms with Crippen LogP contribution >= 0.6 is 0 Å². The first-order valence-electron chi connectivity index (χ1n) is 7.77. The van der Waals surface area contributed by atoms with Crippen LogP contribution in [0.5, 0.6) is 5.75 Å². The fourth-order valence-electron chi connectivity index (χ4n) is 2.32. The average Bonchev–Trinajstić information content (AvgIpc) is 3.16. The molecule has 3 aromatic rings. The number of amides is 1. The number of tetrazole rings is 1. The third-order valence-corrected chi connectivity index (χ3v) is 3.66. The van der Waals surface area contributed by atoms with Gasteiger partial charge in [-0.25, -0.2) is 4.68 Å². The number of para-hydroxylation sites is 1. The third-order valence-electron chi connectivity index (χ3n) is 3.66. The molecule has 0 atom stereocenters. The molecule has 1 aromatic heterocycles. The summed E-state index contributed by atoms with van der Waals surface area (Å²) in [6, 6.07) is 9.88. The van der Waals surface area contributed by atoms with E-state index < -0.39 is 30.0 Å². The quantitative estimate of drug-likeness (QED) is 0.739. The molecule has 27 heavy (non-hydrogen) atoms. The van der Waals surface area contributed by atoms with Crippen LogP contribution in [0.25, 0.3) is 5.69 Å². The van der Waals surface area contributed by atoms with Crippen molar-refractivity contribution in [2.45, 2.75) is 13.1 Å². The molecule has 0 radical (unpaired) electrons. The number of anilines is 1. The number of carbonyl (C=O) groups excluding carboxylic acids is 1. The first-order chi connectivity index (χ1) is 12.8. The SMILES string of the molecule is Cc1ccc(-n2cnnn2)cc1NC(=O)COc1ccccc1C(F)(F)F. The molecule has 140 valence electrons. The first kappa shape index (κ1) is 18.4. The predicted octanol–water partition coefficient (Wildman–Crippen LogP) is 3.01. The number of carbonyl (C=O) groups is 1. The molecule has 2 aromatic carbocycles. The van der Waals surface area contributed by atoms with Gasteiger partial charge in [-0.3, -0.25) is 4.79 Å². The second kappa shape index (κ2) is 7.44. The van der Waals surface area contributed by atoms with Crippen molar-refractivity contribution < 1.29 is 22.7 Å². The Hall–Kier alpha value is -3.43. The van der Waals surface area contributed by atoms with E-state index in [1.54, 1.807) is 25.1 Å². The Morgan fingerprint density at radius 1 is 1.22 bits per heavy atom. The third kappa shape index (κ3) is 4.40. The maximum absolute atomic E-state index is 13.0. The summed E-state index contributed by atoms with van der Waals surface area (Å²) in [6.45, 7) is 1.21. The zero-order valence-corrected chi connectivity index (χ0v) is 14.1. The van der Waals surface area contributed by atoms with Crippen LogP contribution in [-0.2, 0) is 11.0 Å². The number of aryl methyl sites for hydroxylation is 1. The predicted molar refractivity (Wildman–Crippen MR) is 89.5 cm³/mol. The van der Waals surface area contributed by atoms with Gasteiger partial charge in [-0.15, -0.1) is 5.10 Å². The Morgan fingerprint density at radius 2 is 2.00 bits per heavy atom. The minimum atomic E-state index is -4.57. The molecule has 0 bridgehead atoms. The normalized spacial score (nSPS) is 11.3. The van der Waals surface area contributed by atoms with E-state index in [1.807, 2.05) is 0 Å². The van der Waals surface area contributed by atoms with E-state index in [2.05, 4.69) is 20.8 Å². The molecule has 0 saturated heterocycles. The lowest BCUT2D eigenvalue weighted by Gasteiger charge is -2.14. The molecule has 0 unspecified atom stereocenters. The van der Waals surface area contributed by atoms with Gasteiger partial charge in [-0.05, 0) is 47.2 Å². The van der Waals surface area contributed by atoms with Gasteiger partial charge in [-0.1, -0.05) is 18.2 Å². The molecule has 0 aliphatic carbocycles. The van der Waals surface area contributed by atoms with E-state index in [0.717, 1.165) is 11.6 Å². The zero-order chi connectivity index (χ0) is 19.4. The Morgan fingerprint density at radius 3 is 2.70 bits per heavy atom. The van der Waals surface area contributed by atoms with Crippen LogP contribution in [0, 0.1) is 6.92 Å². The minimum Gasteiger partial charge on any atom is -0.483 e. The van der Waals surface area contributed by atoms with E-state index in [0.29, 0.717) is 11.4 Å². The van der Waals surface area contributed by atoms with Crippen molar-refractivity contribution in [1.29, 1.82) is 0 Å². The lowest BCUT2D eigenvalue weighted by atomic mass is 10.2. The molecule has 1 N–H and O–H groups in total. The number of hydrogen-bond acceptors (Lipinski definition) is 5. The van der Waals surface area contributed by atoms with Gasteiger partial charge in [-0.2, -0.15) is 13.2 Å². The van der Waals surface area contributed by atoms with Crippen LogP contribution < -0.4 is 10.1 Å². The molecule has 1 amide bonds. The standard InChI is InChI=1S/C17H14F3N5O2/c1-11-6-7-12(25-10-21-23-24-25)8-14(11)22-16(26)9-27-15-5-3-2-4-13(15)17(18,19)20/h2-8,10H,9H2,1H3,(H,22,26). The highest BCUT2D eigenvalue weighted by molar-refractivity contribution is 5.93. The zero-order valence-electron chi connectivity index (χ0n) is 14.1. The number of aromatic nitrogens is 4. The first-order valence-corrected chi connectivity index (χ1v) is 7.77. The number of nitrogens with one attached hydrogen (secondary N) is 1. The Labute approximate surface area is 151 Å². The van der Waals surface area contributed by atoms with Crippen LogP contribution in [0.3, 0.4) is 0 Å². The van der Waals surface area contributed by atoms with Gasteiger partial charge in [0.1, 0.15) is 12.1 Å². The highest BCUT2D eigenvalue weighted by Gasteiger charge is 2.34. The molecule has 0 saturated carbocycles. The van der Waals surface area contributed by atoms with Gasteiger partial charge < -0.3 is 10.1 Å². The number of benzene rings is 2. The summed E-state index contributed by atoms with van der Waals surface area (Å²) >= 11 is 0. The van der Waals surface area contributed by atoms with Crippen LogP contribution in [0.15, 0.2) is 48.8 Å². The Balaban J connectivity index is 1.70. The average molecular weight is 377 g/mol. The molecule has 10 heteroatoms. The van der Waals surface area contributed by atoms with Gasteiger partial charge in [0, 0.05) is 5.69 Å². The number of halogens is 3. The second-order valence-corrected chi connectivity index (χ2v) is 5.58. The topological polar surface area (TPSA) is 81.9 Å². The number of nitrogens with zero attached hydrogens (tertiary/aromatic N) is 4. The van der Waals surface area contributed by atoms with Crippen LogP contribution in [-0.4, -0.2) is 32.7 Å². The number of ether oxygens (including phenoxy) is 1. The highest BCUT2D eigenvalue weighted by Crippen LogP contribution is 2.35. The molecular formula is C17H14F3N5O2. The summed E-state index contributed by atoms with van der Waals surface area (Å²) < 4.78 is 45.3. The smallest absolute Gasteiger partial charge is 0.419 e. The fourth-order valence-corrected chi connectivity index (χ4v) is 2.32. The van der Waals surface area contributed by atoms with Gasteiger partial charge in [0.2, 0.25) is 0 Å². The van der Waals surface area contributed by atoms with Gasteiger partial charge >= 0.3 is 6.18 Å². The van der Waals surface area contributed by atoms with Crippen LogP contribution in [0.1, 0.15) is 11.1 Å². The van der Waals surface area contributed by atoms with Crippen molar-refractivity contribution in [2.75, 3.05) is 11.9 Å². The largest absolute Gasteiger partial charge is 0.483 e. The number of hydrogen-bond donors (Lipinski definition) is 1. The van der Waals surface area contributed by atoms with Crippen LogP contribution in [0.2, 0.25) is 0 Å². The summed E-state index contributed by atoms with van der Waals surface area (Å²) in [5.41, 5.74) is 0.912. The summed E-state index contributed by atoms with van der Waals surface area (Å²) in [5, 5.41) is 13.4. The monoisotopic (exact) mass is 377 g/mol. The van der Waals surface area contributed by atoms with Gasteiger partial charge in [0.05, 0.1) is 11.3 Å². The van der Waals surface area contributed by atoms with E-state index in [9.17, 15) is 18.0 Å². The molecule has 0 spiro atoms. The minimum absolute atomic E-state index is 0.403. The molecular weight excluding hydrogens is 363 g/mol. The van der Waals surface area contributed by atoms with Gasteiger partial charge in [0.15, 0.2) is 6.61 Å². The second-order valence-electron chi connectivity index (χ2n) is 5.58. The van der Waals surface area contributed by atoms with E-state index in [4.69, 9.17) is 4.74 Å². The van der Waals surface area contributed by atoms with E-state index in [-0.39, 0.29) is 0 Å². The lowest BCUT2D eigenvalue weighted by molar-refractivity contribution is -0.139. The molecule has 7 nitrogen and oxygen atoms in total. The van der Waals surface area contributed by atoms with Crippen molar-refractivity contribution >= 4 is 11.6 Å². The molecule has 3 rings (SSSR count). The Bertz CT molecular complexity index is 942. The summed E-state index contributed by atoms with van der Waals surface area (Å²) in [6.07, 6.45) is -3.17. The fraction of sp³-hybridized carbons (Fsp3) is 0.176. The summed E-state index contributed by atoms with van der Waals surface area (Å²) in [7, 11) is 0. The molecule has 0 aliphatic rings. The summed E-state index contributed by atoms with van der Waals surface area (Å²) in [4.78, 5) is 12.1. The van der Waals surface area contributed by atoms with Crippen molar-refractivity contribution in [2.24, 2.45) is 0 Å². The molecule has 1 heterocycles. The maximum Gasteiger partial charge on any atom is 0.419 e. The van der Waals surface area contributed by atoms with Crippen LogP contribution in [0.4, 0.5) is 18.9 Å². The Kier molecular flexibility index (Phi) is 5.06. The molecule has 0 aliphatic heterocycles. The van der Waals surface area contributed by atoms with Crippen molar-refractivity contribution in [3.05, 3.63) is 59.9 Å². The number of alkyl halides is 3. The highest BCUT2D eigenvalue weighted by atomic mass is 19.4. The maximum atomic E-state index is 13.0. The van der Waals surface area contributed by atoms with Gasteiger partial charge in [0.25, 0.3) is 5.91 Å². The molecule has 0 fully saturated rings. The van der Waals surface area contributed by atoms with E-state index >= 15 is 0 Å². The van der Waals surface area contributed by atoms with Crippen molar-refractivity contribution in [3.63, 3.8) is 0 Å². The number of rotatable bonds is 5.